The lowest BCUT2D eigenvalue weighted by Crippen LogP contribution is -2.38. The third kappa shape index (κ3) is 2.79. The predicted molar refractivity (Wildman–Crippen MR) is 89.9 cm³/mol. The number of rotatable bonds is 2. The van der Waals surface area contributed by atoms with Crippen LogP contribution >= 0.6 is 0 Å². The van der Waals surface area contributed by atoms with Crippen molar-refractivity contribution in [1.82, 2.24) is 20.1 Å². The summed E-state index contributed by atoms with van der Waals surface area (Å²) in [4.78, 5) is 18.0. The van der Waals surface area contributed by atoms with Crippen molar-refractivity contribution in [3.63, 3.8) is 0 Å². The molecule has 6 nitrogen and oxygen atoms in total. The maximum Gasteiger partial charge on any atom is 0.256 e. The Kier molecular flexibility index (Phi) is 3.78. The largest absolute Gasteiger partial charge is 0.425 e. The maximum atomic E-state index is 13.6. The van der Waals surface area contributed by atoms with Gasteiger partial charge in [0.15, 0.2) is 0 Å². The number of aryl methyl sites for hydroxylation is 2. The third-order valence-corrected chi connectivity index (χ3v) is 4.84. The molecule has 7 heteroatoms. The maximum absolute atomic E-state index is 13.6. The number of hydrogen-bond donors (Lipinski definition) is 1. The van der Waals surface area contributed by atoms with Crippen molar-refractivity contribution in [2.24, 2.45) is 0 Å². The smallest absolute Gasteiger partial charge is 0.256 e. The SMILES string of the molecule is Cc1nnc(C2CCN(C(=O)c3c(C)[nH]c4ccc(F)cc34)CC2)o1. The Morgan fingerprint density at radius 2 is 2.04 bits per heavy atom. The van der Waals surface area contributed by atoms with Gasteiger partial charge in [0.2, 0.25) is 11.8 Å². The average Bonchev–Trinajstić information content (AvgIpc) is 3.17. The number of fused-ring (bicyclic) bond motifs is 1. The van der Waals surface area contributed by atoms with Crippen LogP contribution in [0.4, 0.5) is 4.39 Å². The molecule has 1 N–H and O–H groups in total. The molecule has 1 fully saturated rings. The van der Waals surface area contributed by atoms with Crippen molar-refractivity contribution in [3.8, 4) is 0 Å². The van der Waals surface area contributed by atoms with Crippen molar-refractivity contribution < 1.29 is 13.6 Å². The van der Waals surface area contributed by atoms with Gasteiger partial charge in [-0.1, -0.05) is 0 Å². The van der Waals surface area contributed by atoms with E-state index < -0.39 is 0 Å². The second-order valence-electron chi connectivity index (χ2n) is 6.54. The van der Waals surface area contributed by atoms with E-state index in [1.807, 2.05) is 11.8 Å². The van der Waals surface area contributed by atoms with Crippen LogP contribution < -0.4 is 0 Å². The number of carbonyl (C=O) groups excluding carboxylic acids is 1. The highest BCUT2D eigenvalue weighted by Gasteiger charge is 2.29. The van der Waals surface area contributed by atoms with Gasteiger partial charge in [-0.25, -0.2) is 4.39 Å². The van der Waals surface area contributed by atoms with E-state index in [-0.39, 0.29) is 17.6 Å². The van der Waals surface area contributed by atoms with Crippen molar-refractivity contribution in [3.05, 3.63) is 47.1 Å². The van der Waals surface area contributed by atoms with E-state index in [2.05, 4.69) is 15.2 Å². The van der Waals surface area contributed by atoms with E-state index in [1.54, 1.807) is 13.0 Å². The first-order valence-corrected chi connectivity index (χ1v) is 8.40. The molecule has 0 spiro atoms. The first-order chi connectivity index (χ1) is 12.0. The molecule has 3 heterocycles. The number of nitrogens with zero attached hydrogens (tertiary/aromatic N) is 3. The van der Waals surface area contributed by atoms with Crippen molar-refractivity contribution in [2.75, 3.05) is 13.1 Å². The quantitative estimate of drug-likeness (QED) is 0.775. The molecule has 1 amide bonds. The molecule has 1 saturated heterocycles. The van der Waals surface area contributed by atoms with Gasteiger partial charge >= 0.3 is 0 Å². The summed E-state index contributed by atoms with van der Waals surface area (Å²) in [6, 6.07) is 4.48. The molecule has 2 aromatic heterocycles. The van der Waals surface area contributed by atoms with Crippen LogP contribution in [0.3, 0.4) is 0 Å². The molecule has 25 heavy (non-hydrogen) atoms. The molecule has 0 unspecified atom stereocenters. The van der Waals surface area contributed by atoms with Gasteiger partial charge in [-0.2, -0.15) is 0 Å². The summed E-state index contributed by atoms with van der Waals surface area (Å²) in [5, 5.41) is 8.60. The number of hydrogen-bond acceptors (Lipinski definition) is 4. The number of likely N-dealkylation sites (tertiary alicyclic amines) is 1. The van der Waals surface area contributed by atoms with E-state index >= 15 is 0 Å². The summed E-state index contributed by atoms with van der Waals surface area (Å²) < 4.78 is 19.1. The Morgan fingerprint density at radius 3 is 2.72 bits per heavy atom. The third-order valence-electron chi connectivity index (χ3n) is 4.84. The molecule has 3 aromatic rings. The first-order valence-electron chi connectivity index (χ1n) is 8.40. The first kappa shape index (κ1) is 15.8. The van der Waals surface area contributed by atoms with Crippen LogP contribution in [0, 0.1) is 19.7 Å². The second-order valence-corrected chi connectivity index (χ2v) is 6.54. The molecule has 130 valence electrons. The summed E-state index contributed by atoms with van der Waals surface area (Å²) >= 11 is 0. The molecule has 0 radical (unpaired) electrons. The Bertz CT molecular complexity index is 938. The zero-order chi connectivity index (χ0) is 17.6. The van der Waals surface area contributed by atoms with Crippen LogP contribution in [0.2, 0.25) is 0 Å². The monoisotopic (exact) mass is 342 g/mol. The standard InChI is InChI=1S/C18H19FN4O2/c1-10-16(14-9-13(19)3-4-15(14)20-10)18(24)23-7-5-12(6-8-23)17-22-21-11(2)25-17/h3-4,9,12,20H,5-8H2,1-2H3. The summed E-state index contributed by atoms with van der Waals surface area (Å²) in [5.41, 5.74) is 2.10. The van der Waals surface area contributed by atoms with Gasteiger partial charge in [0.1, 0.15) is 5.82 Å². The summed E-state index contributed by atoms with van der Waals surface area (Å²) in [7, 11) is 0. The minimum Gasteiger partial charge on any atom is -0.425 e. The molecule has 1 aromatic carbocycles. The van der Waals surface area contributed by atoms with Gasteiger partial charge in [0.05, 0.1) is 5.56 Å². The highest BCUT2D eigenvalue weighted by Crippen LogP contribution is 2.30. The fourth-order valence-electron chi connectivity index (χ4n) is 3.54. The molecule has 0 bridgehead atoms. The van der Waals surface area contributed by atoms with E-state index in [4.69, 9.17) is 4.42 Å². The van der Waals surface area contributed by atoms with Crippen LogP contribution in [0.25, 0.3) is 10.9 Å². The van der Waals surface area contributed by atoms with Gasteiger partial charge < -0.3 is 14.3 Å². The van der Waals surface area contributed by atoms with Crippen LogP contribution in [-0.4, -0.2) is 39.1 Å². The number of carbonyl (C=O) groups is 1. The van der Waals surface area contributed by atoms with Gasteiger partial charge in [-0.15, -0.1) is 10.2 Å². The fourth-order valence-corrected chi connectivity index (χ4v) is 3.54. The zero-order valence-electron chi connectivity index (χ0n) is 14.2. The van der Waals surface area contributed by atoms with E-state index in [0.29, 0.717) is 35.8 Å². The van der Waals surface area contributed by atoms with E-state index in [0.717, 1.165) is 24.1 Å². The summed E-state index contributed by atoms with van der Waals surface area (Å²) in [6.07, 6.45) is 1.56. The number of amides is 1. The number of benzene rings is 1. The van der Waals surface area contributed by atoms with Crippen molar-refractivity contribution in [1.29, 1.82) is 0 Å². The number of halogens is 1. The molecular formula is C18H19FN4O2. The highest BCUT2D eigenvalue weighted by molar-refractivity contribution is 6.08. The van der Waals surface area contributed by atoms with Crippen LogP contribution in [0.5, 0.6) is 0 Å². The summed E-state index contributed by atoms with van der Waals surface area (Å²) in [5.74, 6) is 0.993. The molecule has 0 aliphatic carbocycles. The lowest BCUT2D eigenvalue weighted by Gasteiger charge is -2.30. The topological polar surface area (TPSA) is 75.0 Å². The number of aromatic nitrogens is 3. The van der Waals surface area contributed by atoms with Gasteiger partial charge in [-0.3, -0.25) is 4.79 Å². The van der Waals surface area contributed by atoms with Crippen LogP contribution in [0.1, 0.15) is 46.6 Å². The van der Waals surface area contributed by atoms with Gasteiger partial charge in [0, 0.05) is 42.5 Å². The van der Waals surface area contributed by atoms with E-state index in [9.17, 15) is 9.18 Å². The second kappa shape index (κ2) is 5.98. The predicted octanol–water partition coefficient (Wildman–Crippen LogP) is 3.33. The van der Waals surface area contributed by atoms with Crippen molar-refractivity contribution >= 4 is 16.8 Å². The number of piperidine rings is 1. The lowest BCUT2D eigenvalue weighted by molar-refractivity contribution is 0.0707. The lowest BCUT2D eigenvalue weighted by atomic mass is 9.96. The molecule has 0 atom stereocenters. The van der Waals surface area contributed by atoms with Crippen LogP contribution in [0.15, 0.2) is 22.6 Å². The molecule has 1 aliphatic heterocycles. The molecule has 1 aliphatic rings. The molecule has 4 rings (SSSR count). The Balaban J connectivity index is 1.55. The Hall–Kier alpha value is -2.70. The minimum atomic E-state index is -0.342. The Labute approximate surface area is 144 Å². The van der Waals surface area contributed by atoms with E-state index in [1.165, 1.54) is 12.1 Å². The highest BCUT2D eigenvalue weighted by atomic mass is 19.1. The zero-order valence-corrected chi connectivity index (χ0v) is 14.2. The number of H-pyrrole nitrogens is 1. The normalized spacial score (nSPS) is 15.9. The van der Waals surface area contributed by atoms with Crippen LogP contribution in [-0.2, 0) is 0 Å². The average molecular weight is 342 g/mol. The minimum absolute atomic E-state index is 0.0606. The number of nitrogens with one attached hydrogen (secondary N) is 1. The van der Waals surface area contributed by atoms with Gasteiger partial charge in [0.25, 0.3) is 5.91 Å². The molecule has 0 saturated carbocycles. The van der Waals surface area contributed by atoms with Crippen molar-refractivity contribution in [2.45, 2.75) is 32.6 Å². The Morgan fingerprint density at radius 1 is 1.28 bits per heavy atom. The van der Waals surface area contributed by atoms with Gasteiger partial charge in [-0.05, 0) is 38.0 Å². The fraction of sp³-hybridized carbons (Fsp3) is 0.389. The number of aromatic amines is 1. The molecular weight excluding hydrogens is 323 g/mol. The summed E-state index contributed by atoms with van der Waals surface area (Å²) in [6.45, 7) is 4.85.